The van der Waals surface area contributed by atoms with Gasteiger partial charge in [0.25, 0.3) is 0 Å². The van der Waals surface area contributed by atoms with Crippen LogP contribution in [-0.2, 0) is 19.5 Å². The van der Waals surface area contributed by atoms with E-state index in [1.807, 2.05) is 20.8 Å². The minimum absolute atomic E-state index is 0.0958. The highest BCUT2D eigenvalue weighted by molar-refractivity contribution is 9.11. The van der Waals surface area contributed by atoms with Gasteiger partial charge in [0, 0.05) is 13.2 Å². The van der Waals surface area contributed by atoms with Gasteiger partial charge in [0.1, 0.15) is 4.21 Å². The molecule has 0 aliphatic rings. The van der Waals surface area contributed by atoms with Gasteiger partial charge >= 0.3 is 0 Å². The van der Waals surface area contributed by atoms with Crippen LogP contribution in [-0.4, -0.2) is 34.5 Å². The summed E-state index contributed by atoms with van der Waals surface area (Å²) in [5.74, 6) is 0. The standard InChI is InChI=1S/C11H18BrNO4S2/c1-4-16-9(17-5-2)7-13-19(14,15)10-6-8(3)11(12)18-10/h6,9,13H,4-5,7H2,1-3H3. The van der Waals surface area contributed by atoms with Crippen LogP contribution in [0.3, 0.4) is 0 Å². The van der Waals surface area contributed by atoms with Crippen LogP contribution in [0.15, 0.2) is 14.1 Å². The normalized spacial score (nSPS) is 12.3. The second-order valence-electron chi connectivity index (χ2n) is 3.71. The van der Waals surface area contributed by atoms with Gasteiger partial charge < -0.3 is 9.47 Å². The summed E-state index contributed by atoms with van der Waals surface area (Å²) in [6.07, 6.45) is -0.561. The monoisotopic (exact) mass is 371 g/mol. The van der Waals surface area contributed by atoms with E-state index < -0.39 is 16.3 Å². The largest absolute Gasteiger partial charge is 0.352 e. The molecule has 1 aromatic rings. The van der Waals surface area contributed by atoms with Crippen LogP contribution in [0.4, 0.5) is 0 Å². The van der Waals surface area contributed by atoms with Crippen LogP contribution < -0.4 is 4.72 Å². The number of ether oxygens (including phenoxy) is 2. The second kappa shape index (κ2) is 7.70. The van der Waals surface area contributed by atoms with Crippen molar-refractivity contribution >= 4 is 37.3 Å². The smallest absolute Gasteiger partial charge is 0.250 e. The minimum atomic E-state index is -3.52. The van der Waals surface area contributed by atoms with Gasteiger partial charge in [0.2, 0.25) is 10.0 Å². The Morgan fingerprint density at radius 3 is 2.37 bits per heavy atom. The highest BCUT2D eigenvalue weighted by Gasteiger charge is 2.20. The number of nitrogens with one attached hydrogen (secondary N) is 1. The first kappa shape index (κ1) is 17.1. The zero-order valence-electron chi connectivity index (χ0n) is 11.1. The molecular formula is C11H18BrNO4S2. The molecule has 1 aromatic heterocycles. The van der Waals surface area contributed by atoms with Crippen molar-refractivity contribution in [1.29, 1.82) is 0 Å². The lowest BCUT2D eigenvalue weighted by Crippen LogP contribution is -2.35. The van der Waals surface area contributed by atoms with Crippen molar-refractivity contribution in [3.8, 4) is 0 Å². The Labute approximate surface area is 126 Å². The molecule has 0 saturated heterocycles. The van der Waals surface area contributed by atoms with Gasteiger partial charge in [-0.1, -0.05) is 0 Å². The zero-order chi connectivity index (χ0) is 14.5. The van der Waals surface area contributed by atoms with E-state index in [1.54, 1.807) is 6.07 Å². The lowest BCUT2D eigenvalue weighted by molar-refractivity contribution is -0.130. The van der Waals surface area contributed by atoms with Gasteiger partial charge in [0.15, 0.2) is 6.29 Å². The Bertz CT molecular complexity index is 475. The fraction of sp³-hybridized carbons (Fsp3) is 0.636. The average molecular weight is 372 g/mol. The third-order valence-electron chi connectivity index (χ3n) is 2.24. The summed E-state index contributed by atoms with van der Waals surface area (Å²) in [6, 6.07) is 1.63. The Kier molecular flexibility index (Phi) is 6.92. The summed E-state index contributed by atoms with van der Waals surface area (Å²) in [5.41, 5.74) is 0.900. The topological polar surface area (TPSA) is 64.6 Å². The van der Waals surface area contributed by atoms with Crippen LogP contribution in [0.25, 0.3) is 0 Å². The Morgan fingerprint density at radius 2 is 1.95 bits per heavy atom. The molecule has 0 atom stereocenters. The molecule has 0 unspecified atom stereocenters. The van der Waals surface area contributed by atoms with Crippen LogP contribution in [0, 0.1) is 6.92 Å². The highest BCUT2D eigenvalue weighted by atomic mass is 79.9. The first-order chi connectivity index (χ1) is 8.90. The van der Waals surface area contributed by atoms with Gasteiger partial charge in [-0.05, 0) is 48.3 Å². The molecule has 0 aliphatic carbocycles. The third kappa shape index (κ3) is 5.13. The molecule has 0 aliphatic heterocycles. The van der Waals surface area contributed by atoms with E-state index >= 15 is 0 Å². The summed E-state index contributed by atoms with van der Waals surface area (Å²) < 4.78 is 38.3. The molecule has 0 aromatic carbocycles. The molecule has 0 spiro atoms. The van der Waals surface area contributed by atoms with Crippen molar-refractivity contribution in [2.24, 2.45) is 0 Å². The molecule has 110 valence electrons. The van der Waals surface area contributed by atoms with E-state index in [0.717, 1.165) is 9.35 Å². The molecular weight excluding hydrogens is 354 g/mol. The minimum Gasteiger partial charge on any atom is -0.352 e. The summed E-state index contributed by atoms with van der Waals surface area (Å²) in [7, 11) is -3.52. The maximum atomic E-state index is 12.1. The fourth-order valence-corrected chi connectivity index (χ4v) is 4.64. The Hall–Kier alpha value is 0.01000. The number of hydrogen-bond donors (Lipinski definition) is 1. The molecule has 0 amide bonds. The molecule has 1 N–H and O–H groups in total. The number of thiophene rings is 1. The van der Waals surface area contributed by atoms with Crippen molar-refractivity contribution in [2.45, 2.75) is 31.3 Å². The van der Waals surface area contributed by atoms with E-state index in [9.17, 15) is 8.42 Å². The molecule has 8 heteroatoms. The highest BCUT2D eigenvalue weighted by Crippen LogP contribution is 2.30. The third-order valence-corrected chi connectivity index (χ3v) is 6.28. The molecule has 1 rings (SSSR count). The average Bonchev–Trinajstić information content (AvgIpc) is 2.68. The van der Waals surface area contributed by atoms with E-state index in [-0.39, 0.29) is 10.8 Å². The fourth-order valence-electron chi connectivity index (χ4n) is 1.35. The quantitative estimate of drug-likeness (QED) is 0.713. The van der Waals surface area contributed by atoms with Crippen molar-refractivity contribution in [3.05, 3.63) is 15.4 Å². The maximum Gasteiger partial charge on any atom is 0.250 e. The van der Waals surface area contributed by atoms with Gasteiger partial charge in [0.05, 0.1) is 10.3 Å². The lowest BCUT2D eigenvalue weighted by Gasteiger charge is -2.17. The molecule has 5 nitrogen and oxygen atoms in total. The van der Waals surface area contributed by atoms with Crippen molar-refractivity contribution in [3.63, 3.8) is 0 Å². The number of aryl methyl sites for hydroxylation is 1. The first-order valence-corrected chi connectivity index (χ1v) is 8.98. The summed E-state index contributed by atoms with van der Waals surface area (Å²) in [6.45, 7) is 6.55. The molecule has 0 bridgehead atoms. The van der Waals surface area contributed by atoms with E-state index in [2.05, 4.69) is 20.7 Å². The first-order valence-electron chi connectivity index (χ1n) is 5.89. The van der Waals surface area contributed by atoms with Gasteiger partial charge in [-0.2, -0.15) is 0 Å². The second-order valence-corrected chi connectivity index (χ2v) is 8.08. The molecule has 0 saturated carbocycles. The van der Waals surface area contributed by atoms with E-state index in [0.29, 0.717) is 13.2 Å². The molecule has 0 radical (unpaired) electrons. The summed E-state index contributed by atoms with van der Waals surface area (Å²) in [4.78, 5) is 0. The lowest BCUT2D eigenvalue weighted by atomic mass is 10.4. The number of halogens is 1. The van der Waals surface area contributed by atoms with E-state index in [4.69, 9.17) is 9.47 Å². The zero-order valence-corrected chi connectivity index (χ0v) is 14.3. The summed E-state index contributed by atoms with van der Waals surface area (Å²) in [5, 5.41) is 0. The van der Waals surface area contributed by atoms with Gasteiger partial charge in [-0.15, -0.1) is 11.3 Å². The summed E-state index contributed by atoms with van der Waals surface area (Å²) >= 11 is 4.50. The van der Waals surface area contributed by atoms with Crippen molar-refractivity contribution in [1.82, 2.24) is 4.72 Å². The Balaban J connectivity index is 2.68. The van der Waals surface area contributed by atoms with Crippen LogP contribution in [0.5, 0.6) is 0 Å². The predicted octanol–water partition coefficient (Wildman–Crippen LogP) is 2.50. The predicted molar refractivity (Wildman–Crippen MR) is 79.0 cm³/mol. The van der Waals surface area contributed by atoms with Crippen LogP contribution in [0.1, 0.15) is 19.4 Å². The number of sulfonamides is 1. The maximum absolute atomic E-state index is 12.1. The van der Waals surface area contributed by atoms with Gasteiger partial charge in [-0.3, -0.25) is 0 Å². The number of rotatable bonds is 8. The number of hydrogen-bond acceptors (Lipinski definition) is 5. The van der Waals surface area contributed by atoms with Crippen molar-refractivity contribution < 1.29 is 17.9 Å². The molecule has 0 fully saturated rings. The Morgan fingerprint density at radius 1 is 1.37 bits per heavy atom. The van der Waals surface area contributed by atoms with Crippen molar-refractivity contribution in [2.75, 3.05) is 19.8 Å². The molecule has 1 heterocycles. The van der Waals surface area contributed by atoms with E-state index in [1.165, 1.54) is 11.3 Å². The van der Waals surface area contributed by atoms with Crippen LogP contribution >= 0.6 is 27.3 Å². The van der Waals surface area contributed by atoms with Gasteiger partial charge in [-0.25, -0.2) is 13.1 Å². The molecule has 19 heavy (non-hydrogen) atoms. The van der Waals surface area contributed by atoms with Crippen LogP contribution in [0.2, 0.25) is 0 Å². The SMILES string of the molecule is CCOC(CNS(=O)(=O)c1cc(C)c(Br)s1)OCC.